The molecule has 0 radical (unpaired) electrons. The summed E-state index contributed by atoms with van der Waals surface area (Å²) in [4.78, 5) is 8.30. The minimum absolute atomic E-state index is 0.118. The standard InChI is InChI=1S/C12H16N4O2S2/c1-12(2,11-15-7-8-19-11)16-20(17,18)9-5-4-6-14-10(9)13-3/h4-8,16H,1-3H3,(H,13,14). The van der Waals surface area contributed by atoms with Crippen molar-refractivity contribution in [2.45, 2.75) is 24.3 Å². The van der Waals surface area contributed by atoms with Crippen LogP contribution in [0.4, 0.5) is 5.82 Å². The maximum Gasteiger partial charge on any atom is 0.245 e. The predicted octanol–water partition coefficient (Wildman–Crippen LogP) is 1.79. The first-order valence-electron chi connectivity index (χ1n) is 5.93. The van der Waals surface area contributed by atoms with Gasteiger partial charge in [-0.05, 0) is 26.0 Å². The summed E-state index contributed by atoms with van der Waals surface area (Å²) in [5.74, 6) is 0.315. The lowest BCUT2D eigenvalue weighted by Crippen LogP contribution is -2.41. The van der Waals surface area contributed by atoms with Crippen LogP contribution >= 0.6 is 11.3 Å². The van der Waals surface area contributed by atoms with E-state index in [4.69, 9.17) is 0 Å². The predicted molar refractivity (Wildman–Crippen MR) is 79.2 cm³/mol. The van der Waals surface area contributed by atoms with Gasteiger partial charge in [0, 0.05) is 24.8 Å². The number of hydrogen-bond acceptors (Lipinski definition) is 6. The molecule has 0 aromatic carbocycles. The Morgan fingerprint density at radius 2 is 2.00 bits per heavy atom. The van der Waals surface area contributed by atoms with Gasteiger partial charge in [0.25, 0.3) is 0 Å². The van der Waals surface area contributed by atoms with Crippen LogP contribution in [-0.4, -0.2) is 25.4 Å². The van der Waals surface area contributed by atoms with Gasteiger partial charge in [-0.1, -0.05) is 0 Å². The molecule has 0 bridgehead atoms. The molecule has 0 saturated carbocycles. The first-order chi connectivity index (χ1) is 9.37. The van der Waals surface area contributed by atoms with Crippen LogP contribution in [0.5, 0.6) is 0 Å². The summed E-state index contributed by atoms with van der Waals surface area (Å²) in [6.07, 6.45) is 3.19. The molecule has 20 heavy (non-hydrogen) atoms. The fraction of sp³-hybridized carbons (Fsp3) is 0.333. The Labute approximate surface area is 122 Å². The molecule has 0 amide bonds. The highest BCUT2D eigenvalue weighted by Gasteiger charge is 2.31. The average molecular weight is 312 g/mol. The van der Waals surface area contributed by atoms with Gasteiger partial charge in [-0.2, -0.15) is 4.72 Å². The van der Waals surface area contributed by atoms with E-state index in [1.54, 1.807) is 33.2 Å². The lowest BCUT2D eigenvalue weighted by Gasteiger charge is -2.24. The van der Waals surface area contributed by atoms with Crippen LogP contribution in [-0.2, 0) is 15.6 Å². The average Bonchev–Trinajstić information content (AvgIpc) is 2.92. The van der Waals surface area contributed by atoms with E-state index in [0.717, 1.165) is 0 Å². The fourth-order valence-electron chi connectivity index (χ4n) is 1.76. The summed E-state index contributed by atoms with van der Waals surface area (Å²) in [6.45, 7) is 3.55. The van der Waals surface area contributed by atoms with Crippen molar-refractivity contribution < 1.29 is 8.42 Å². The maximum atomic E-state index is 12.5. The van der Waals surface area contributed by atoms with Gasteiger partial charge in [0.1, 0.15) is 15.7 Å². The summed E-state index contributed by atoms with van der Waals surface area (Å²) in [6, 6.07) is 3.10. The SMILES string of the molecule is CNc1ncccc1S(=O)(=O)NC(C)(C)c1nccs1. The van der Waals surface area contributed by atoms with Crippen LogP contribution in [0.25, 0.3) is 0 Å². The zero-order valence-electron chi connectivity index (χ0n) is 11.4. The zero-order valence-corrected chi connectivity index (χ0v) is 13.0. The molecular formula is C12H16N4O2S2. The molecule has 108 valence electrons. The highest BCUT2D eigenvalue weighted by Crippen LogP contribution is 2.26. The van der Waals surface area contributed by atoms with Crippen molar-refractivity contribution in [3.05, 3.63) is 34.9 Å². The smallest absolute Gasteiger partial charge is 0.245 e. The van der Waals surface area contributed by atoms with E-state index in [0.29, 0.717) is 10.8 Å². The molecule has 0 atom stereocenters. The summed E-state index contributed by atoms with van der Waals surface area (Å²) < 4.78 is 27.7. The van der Waals surface area contributed by atoms with E-state index in [9.17, 15) is 8.42 Å². The lowest BCUT2D eigenvalue weighted by molar-refractivity contribution is 0.470. The van der Waals surface area contributed by atoms with Gasteiger partial charge < -0.3 is 5.32 Å². The number of rotatable bonds is 5. The number of sulfonamides is 1. The number of nitrogens with zero attached hydrogens (tertiary/aromatic N) is 2. The molecule has 8 heteroatoms. The normalized spacial score (nSPS) is 12.3. The van der Waals surface area contributed by atoms with Gasteiger partial charge in [0.2, 0.25) is 10.0 Å². The van der Waals surface area contributed by atoms with Crippen LogP contribution in [0, 0.1) is 0 Å². The number of pyridine rings is 1. The van der Waals surface area contributed by atoms with Gasteiger partial charge in [0.05, 0.1) is 5.54 Å². The molecule has 0 aliphatic rings. The Kier molecular flexibility index (Phi) is 4.07. The van der Waals surface area contributed by atoms with E-state index in [1.165, 1.54) is 23.6 Å². The minimum atomic E-state index is -3.70. The Morgan fingerprint density at radius 3 is 2.60 bits per heavy atom. The molecule has 2 aromatic rings. The largest absolute Gasteiger partial charge is 0.372 e. The van der Waals surface area contributed by atoms with Crippen molar-refractivity contribution in [1.82, 2.24) is 14.7 Å². The van der Waals surface area contributed by atoms with Crippen LogP contribution in [0.2, 0.25) is 0 Å². The van der Waals surface area contributed by atoms with Gasteiger partial charge in [-0.3, -0.25) is 0 Å². The Bertz CT molecular complexity index is 681. The molecule has 0 saturated heterocycles. The van der Waals surface area contributed by atoms with Crippen molar-refractivity contribution in [3.63, 3.8) is 0 Å². The summed E-state index contributed by atoms with van der Waals surface area (Å²) >= 11 is 1.41. The molecular weight excluding hydrogens is 296 g/mol. The molecule has 2 rings (SSSR count). The molecule has 0 aliphatic heterocycles. The first kappa shape index (κ1) is 14.9. The number of nitrogens with one attached hydrogen (secondary N) is 2. The summed E-state index contributed by atoms with van der Waals surface area (Å²) in [7, 11) is -2.06. The van der Waals surface area contributed by atoms with Gasteiger partial charge >= 0.3 is 0 Å². The third kappa shape index (κ3) is 2.97. The Morgan fingerprint density at radius 1 is 1.25 bits per heavy atom. The highest BCUT2D eigenvalue weighted by molar-refractivity contribution is 7.89. The molecule has 6 nitrogen and oxygen atoms in total. The Hall–Kier alpha value is -1.51. The van der Waals surface area contributed by atoms with E-state index in [-0.39, 0.29) is 4.90 Å². The molecule has 2 aromatic heterocycles. The molecule has 0 fully saturated rings. The number of thiazole rings is 1. The third-order valence-electron chi connectivity index (χ3n) is 2.65. The van der Waals surface area contributed by atoms with Crippen LogP contribution in [0.15, 0.2) is 34.8 Å². The second-order valence-corrected chi connectivity index (χ2v) is 7.21. The monoisotopic (exact) mass is 312 g/mol. The first-order valence-corrected chi connectivity index (χ1v) is 8.30. The second-order valence-electron chi connectivity index (χ2n) is 4.67. The van der Waals surface area contributed by atoms with Gasteiger partial charge in [0.15, 0.2) is 0 Å². The molecule has 0 aliphatic carbocycles. The zero-order chi connectivity index (χ0) is 14.8. The van der Waals surface area contributed by atoms with Gasteiger partial charge in [-0.25, -0.2) is 18.4 Å². The van der Waals surface area contributed by atoms with Crippen LogP contribution < -0.4 is 10.0 Å². The highest BCUT2D eigenvalue weighted by atomic mass is 32.2. The minimum Gasteiger partial charge on any atom is -0.372 e. The quantitative estimate of drug-likeness (QED) is 0.879. The number of aromatic nitrogens is 2. The van der Waals surface area contributed by atoms with Gasteiger partial charge in [-0.15, -0.1) is 11.3 Å². The molecule has 0 spiro atoms. The summed E-state index contributed by atoms with van der Waals surface area (Å²) in [5, 5.41) is 5.30. The van der Waals surface area contributed by atoms with Crippen LogP contribution in [0.1, 0.15) is 18.9 Å². The Balaban J connectivity index is 2.37. The van der Waals surface area contributed by atoms with E-state index < -0.39 is 15.6 Å². The second kappa shape index (κ2) is 5.47. The molecule has 0 unspecified atom stereocenters. The molecule has 2 heterocycles. The van der Waals surface area contributed by atoms with Crippen molar-refractivity contribution in [1.29, 1.82) is 0 Å². The topological polar surface area (TPSA) is 84.0 Å². The van der Waals surface area contributed by atoms with E-state index in [2.05, 4.69) is 20.0 Å². The van der Waals surface area contributed by atoms with E-state index in [1.807, 2.05) is 5.38 Å². The lowest BCUT2D eigenvalue weighted by atomic mass is 10.1. The summed E-state index contributed by atoms with van der Waals surface area (Å²) in [5.41, 5.74) is -0.784. The fourth-order valence-corrected chi connectivity index (χ4v) is 4.09. The number of hydrogen-bond donors (Lipinski definition) is 2. The number of anilines is 1. The van der Waals surface area contributed by atoms with Crippen molar-refractivity contribution in [2.24, 2.45) is 0 Å². The van der Waals surface area contributed by atoms with Crippen molar-refractivity contribution >= 4 is 27.2 Å². The molecule has 2 N–H and O–H groups in total. The van der Waals surface area contributed by atoms with Crippen molar-refractivity contribution in [2.75, 3.05) is 12.4 Å². The van der Waals surface area contributed by atoms with Crippen LogP contribution in [0.3, 0.4) is 0 Å². The third-order valence-corrected chi connectivity index (χ3v) is 5.44. The maximum absolute atomic E-state index is 12.5. The van der Waals surface area contributed by atoms with E-state index >= 15 is 0 Å². The van der Waals surface area contributed by atoms with Crippen molar-refractivity contribution in [3.8, 4) is 0 Å².